The summed E-state index contributed by atoms with van der Waals surface area (Å²) in [7, 11) is -2.04. The van der Waals surface area contributed by atoms with Crippen LogP contribution in [0.2, 0.25) is 18.1 Å². The molecule has 2 aliphatic heterocycles. The van der Waals surface area contributed by atoms with Crippen molar-refractivity contribution in [1.29, 1.82) is 0 Å². The highest BCUT2D eigenvalue weighted by molar-refractivity contribution is 6.74. The topological polar surface area (TPSA) is 61.8 Å². The summed E-state index contributed by atoms with van der Waals surface area (Å²) in [5, 5.41) is 0.0907. The maximum Gasteiger partial charge on any atom is 0.303 e. The third-order valence-corrected chi connectivity index (χ3v) is 13.0. The second kappa shape index (κ2) is 8.99. The minimum absolute atomic E-state index is 0.0104. The number of hydrogen-bond donors (Lipinski definition) is 0. The number of hydrogen-bond acceptors (Lipinski definition) is 5. The highest BCUT2D eigenvalue weighted by Gasteiger charge is 2.59. The van der Waals surface area contributed by atoms with Crippen molar-refractivity contribution in [3.05, 3.63) is 11.6 Å². The van der Waals surface area contributed by atoms with Crippen LogP contribution >= 0.6 is 0 Å². The maximum atomic E-state index is 13.2. The van der Waals surface area contributed by atoms with E-state index in [1.54, 1.807) is 0 Å². The van der Waals surface area contributed by atoms with Crippen LogP contribution in [0.3, 0.4) is 0 Å². The Labute approximate surface area is 195 Å². The monoisotopic (exact) mass is 464 g/mol. The smallest absolute Gasteiger partial charge is 0.303 e. The number of rotatable bonds is 4. The predicted molar refractivity (Wildman–Crippen MR) is 129 cm³/mol. The number of esters is 1. The minimum Gasteiger partial charge on any atom is -0.460 e. The molecule has 2 fully saturated rings. The molecule has 0 aromatic carbocycles. The van der Waals surface area contributed by atoms with Crippen molar-refractivity contribution >= 4 is 20.1 Å². The van der Waals surface area contributed by atoms with Gasteiger partial charge in [0.2, 0.25) is 0 Å². The van der Waals surface area contributed by atoms with Crippen LogP contribution in [0.15, 0.2) is 11.6 Å². The van der Waals surface area contributed by atoms with Gasteiger partial charge in [-0.1, -0.05) is 32.4 Å². The van der Waals surface area contributed by atoms with Gasteiger partial charge in [-0.3, -0.25) is 9.59 Å². The van der Waals surface area contributed by atoms with E-state index in [-0.39, 0.29) is 47.1 Å². The molecule has 3 rings (SSSR count). The molecule has 1 aliphatic carbocycles. The van der Waals surface area contributed by atoms with Crippen molar-refractivity contribution in [2.24, 2.45) is 17.8 Å². The van der Waals surface area contributed by atoms with E-state index in [0.717, 1.165) is 25.7 Å². The molecule has 2 bridgehead atoms. The van der Waals surface area contributed by atoms with Crippen molar-refractivity contribution in [3.8, 4) is 0 Å². The van der Waals surface area contributed by atoms with Crippen molar-refractivity contribution in [1.82, 2.24) is 0 Å². The molecule has 5 nitrogen and oxygen atoms in total. The Morgan fingerprint density at radius 3 is 2.41 bits per heavy atom. The predicted octanol–water partition coefficient (Wildman–Crippen LogP) is 5.83. The number of fused-ring (bicyclic) bond motifs is 5. The van der Waals surface area contributed by atoms with Gasteiger partial charge in [0.1, 0.15) is 11.4 Å². The maximum absolute atomic E-state index is 13.2. The summed E-state index contributed by atoms with van der Waals surface area (Å²) in [6.07, 6.45) is 5.87. The average molecular weight is 465 g/mol. The summed E-state index contributed by atoms with van der Waals surface area (Å²) < 4.78 is 19.6. The highest BCUT2D eigenvalue weighted by atomic mass is 28.4. The van der Waals surface area contributed by atoms with Gasteiger partial charge < -0.3 is 13.9 Å². The number of ketones is 1. The Morgan fingerprint density at radius 1 is 1.16 bits per heavy atom. The van der Waals surface area contributed by atoms with Gasteiger partial charge >= 0.3 is 5.97 Å². The number of allylic oxidation sites excluding steroid dienone is 1. The van der Waals surface area contributed by atoms with Crippen LogP contribution in [0.4, 0.5) is 0 Å². The fourth-order valence-corrected chi connectivity index (χ4v) is 7.26. The zero-order chi connectivity index (χ0) is 24.1. The van der Waals surface area contributed by atoms with Gasteiger partial charge in [-0.05, 0) is 64.6 Å². The summed E-state index contributed by atoms with van der Waals surface area (Å²) >= 11 is 0. The first-order chi connectivity index (χ1) is 14.6. The summed E-state index contributed by atoms with van der Waals surface area (Å²) in [6.45, 7) is 19.0. The molecule has 0 unspecified atom stereocenters. The second-order valence-electron chi connectivity index (χ2n) is 12.3. The molecule has 182 valence electrons. The van der Waals surface area contributed by atoms with Gasteiger partial charge in [-0.15, -0.1) is 0 Å². The number of ether oxygens (including phenoxy) is 2. The molecule has 0 amide bonds. The van der Waals surface area contributed by atoms with Crippen LogP contribution in [-0.4, -0.2) is 44.0 Å². The van der Waals surface area contributed by atoms with Gasteiger partial charge in [0.25, 0.3) is 0 Å². The molecule has 6 heteroatoms. The van der Waals surface area contributed by atoms with Gasteiger partial charge in [0, 0.05) is 25.2 Å². The number of carbonyl (C=O) groups excluding carboxylic acids is 2. The molecule has 1 saturated carbocycles. The van der Waals surface area contributed by atoms with E-state index >= 15 is 0 Å². The van der Waals surface area contributed by atoms with Crippen molar-refractivity contribution < 1.29 is 23.5 Å². The largest absolute Gasteiger partial charge is 0.460 e. The molecular formula is C26H44O5Si. The van der Waals surface area contributed by atoms with Crippen LogP contribution in [0.1, 0.15) is 80.6 Å². The molecule has 0 spiro atoms. The lowest BCUT2D eigenvalue weighted by atomic mass is 9.62. The number of carbonyl (C=O) groups is 2. The zero-order valence-corrected chi connectivity index (χ0v) is 22.6. The van der Waals surface area contributed by atoms with Crippen LogP contribution in [0, 0.1) is 17.8 Å². The Bertz CT molecular complexity index is 763. The normalized spacial score (nSPS) is 35.8. The van der Waals surface area contributed by atoms with E-state index in [4.69, 9.17) is 13.9 Å². The fraction of sp³-hybridized carbons (Fsp3) is 0.846. The molecular weight excluding hydrogens is 420 g/mol. The van der Waals surface area contributed by atoms with E-state index in [2.05, 4.69) is 46.9 Å². The van der Waals surface area contributed by atoms with E-state index < -0.39 is 13.9 Å². The molecule has 0 aromatic heterocycles. The highest BCUT2D eigenvalue weighted by Crippen LogP contribution is 2.52. The molecule has 3 aliphatic rings. The van der Waals surface area contributed by atoms with Crippen LogP contribution in [0.25, 0.3) is 0 Å². The molecule has 6 atom stereocenters. The fourth-order valence-electron chi connectivity index (χ4n) is 5.90. The molecule has 1 saturated heterocycles. The Morgan fingerprint density at radius 2 is 1.81 bits per heavy atom. The molecule has 0 radical (unpaired) electrons. The standard InChI is InChI=1S/C26H44O5Si/c1-16-11-10-12-20(31-32(8,9)25(3,4)5)24-22-18(26(6,7)30-17(2)27)13-14-19(28)23(22)21(15-16)29-24/h11,18,20-24H,10,12-15H2,1-9H3/b16-11+/t18-,20-,21+,22+,23+,24-/m0/s1. The summed E-state index contributed by atoms with van der Waals surface area (Å²) in [4.78, 5) is 25.1. The first-order valence-electron chi connectivity index (χ1n) is 12.4. The van der Waals surface area contributed by atoms with Crippen LogP contribution in [0.5, 0.6) is 0 Å². The zero-order valence-electron chi connectivity index (χ0n) is 21.6. The lowest BCUT2D eigenvalue weighted by Crippen LogP contribution is -2.54. The van der Waals surface area contributed by atoms with E-state index in [9.17, 15) is 9.59 Å². The minimum atomic E-state index is -2.04. The third-order valence-electron chi connectivity index (χ3n) is 8.45. The Balaban J connectivity index is 2.03. The molecule has 2 heterocycles. The summed E-state index contributed by atoms with van der Waals surface area (Å²) in [5.74, 6) is -0.0450. The first kappa shape index (κ1) is 25.6. The SMILES string of the molecule is CC(=O)OC(C)(C)[C@H]1CCC(=O)[C@H]2[C@@H]1[C@H]1O[C@@H]2C/C(C)=C/CC[C@@H]1O[Si](C)(C)C(C)(C)C. The average Bonchev–Trinajstić information content (AvgIpc) is 3.00. The first-order valence-corrected chi connectivity index (χ1v) is 15.3. The van der Waals surface area contributed by atoms with E-state index in [1.165, 1.54) is 12.5 Å². The second-order valence-corrected chi connectivity index (χ2v) is 17.1. The molecule has 32 heavy (non-hydrogen) atoms. The quantitative estimate of drug-likeness (QED) is 0.298. The van der Waals surface area contributed by atoms with Crippen LogP contribution in [-0.2, 0) is 23.5 Å². The van der Waals surface area contributed by atoms with Gasteiger partial charge in [0.05, 0.1) is 24.2 Å². The van der Waals surface area contributed by atoms with Crippen LogP contribution < -0.4 is 0 Å². The van der Waals surface area contributed by atoms with Gasteiger partial charge in [-0.25, -0.2) is 0 Å². The molecule has 0 aromatic rings. The van der Waals surface area contributed by atoms with Gasteiger partial charge in [-0.2, -0.15) is 0 Å². The Kier molecular flexibility index (Phi) is 7.20. The van der Waals surface area contributed by atoms with Crippen molar-refractivity contribution in [2.45, 2.75) is 123 Å². The third kappa shape index (κ3) is 5.07. The summed E-state index contributed by atoms with van der Waals surface area (Å²) in [5.41, 5.74) is 0.638. The summed E-state index contributed by atoms with van der Waals surface area (Å²) in [6, 6.07) is 0. The van der Waals surface area contributed by atoms with E-state index in [0.29, 0.717) is 12.2 Å². The Hall–Kier alpha value is -0.983. The van der Waals surface area contributed by atoms with Crippen molar-refractivity contribution in [3.63, 3.8) is 0 Å². The lowest BCUT2D eigenvalue weighted by molar-refractivity contribution is -0.166. The van der Waals surface area contributed by atoms with E-state index in [1.807, 2.05) is 13.8 Å². The van der Waals surface area contributed by atoms with Crippen molar-refractivity contribution in [2.75, 3.05) is 0 Å². The number of Topliss-reactive ketones (excluding diaryl/α,β-unsaturated/α-hetero) is 1. The molecule has 0 N–H and O–H groups in total. The lowest BCUT2D eigenvalue weighted by Gasteiger charge is -2.46. The van der Waals surface area contributed by atoms with Gasteiger partial charge in [0.15, 0.2) is 8.32 Å².